The minimum absolute atomic E-state index is 0.164. The highest BCUT2D eigenvalue weighted by atomic mass is 16.7. The number of likely N-dealkylation sites (tertiary alicyclic amines) is 1. The second-order valence-corrected chi connectivity index (χ2v) is 14.0. The second kappa shape index (κ2) is 10.1. The quantitative estimate of drug-likeness (QED) is 0.409. The van der Waals surface area contributed by atoms with Crippen LogP contribution in [0, 0.1) is 11.8 Å². The molecule has 7 atom stereocenters. The van der Waals surface area contributed by atoms with Crippen LogP contribution in [0.25, 0.3) is 10.9 Å². The lowest BCUT2D eigenvalue weighted by atomic mass is 9.72. The highest BCUT2D eigenvalue weighted by Gasteiger charge is 2.72. The van der Waals surface area contributed by atoms with E-state index < -0.39 is 41.5 Å². The summed E-state index contributed by atoms with van der Waals surface area (Å²) in [7, 11) is 2.07. The van der Waals surface area contributed by atoms with E-state index in [1.807, 2.05) is 44.2 Å². The van der Waals surface area contributed by atoms with Crippen molar-refractivity contribution in [3.8, 4) is 0 Å². The van der Waals surface area contributed by atoms with Gasteiger partial charge in [0.15, 0.2) is 0 Å². The predicted octanol–water partition coefficient (Wildman–Crippen LogP) is 2.72. The van der Waals surface area contributed by atoms with Gasteiger partial charge in [0.25, 0.3) is 11.8 Å². The van der Waals surface area contributed by atoms with Crippen LogP contribution in [0.4, 0.5) is 0 Å². The number of aromatic nitrogens is 1. The van der Waals surface area contributed by atoms with Gasteiger partial charge in [-0.2, -0.15) is 0 Å². The Hall–Kier alpha value is -3.73. The van der Waals surface area contributed by atoms with Crippen molar-refractivity contribution in [2.45, 2.75) is 81.6 Å². The molecule has 236 valence electrons. The number of piperidine rings is 1. The first-order valence-electron chi connectivity index (χ1n) is 16.3. The summed E-state index contributed by atoms with van der Waals surface area (Å²) in [5.41, 5.74) is 2.75. The van der Waals surface area contributed by atoms with Crippen molar-refractivity contribution in [1.82, 2.24) is 25.0 Å². The maximum absolute atomic E-state index is 14.6. The van der Waals surface area contributed by atoms with Crippen molar-refractivity contribution in [1.29, 1.82) is 0 Å². The van der Waals surface area contributed by atoms with Crippen LogP contribution < -0.4 is 5.32 Å². The third-order valence-electron chi connectivity index (χ3n) is 11.2. The molecule has 10 nitrogen and oxygen atoms in total. The van der Waals surface area contributed by atoms with Gasteiger partial charge in [0.1, 0.15) is 12.1 Å². The summed E-state index contributed by atoms with van der Waals surface area (Å²) in [5, 5.41) is 16.6. The summed E-state index contributed by atoms with van der Waals surface area (Å²) in [4.78, 5) is 51.4. The fraction of sp³-hybridized carbons (Fsp3) is 0.514. The number of nitrogens with zero attached hydrogens (tertiary/aromatic N) is 3. The van der Waals surface area contributed by atoms with Gasteiger partial charge in [-0.1, -0.05) is 56.3 Å². The predicted molar refractivity (Wildman–Crippen MR) is 167 cm³/mol. The largest absolute Gasteiger partial charge is 0.361 e. The summed E-state index contributed by atoms with van der Waals surface area (Å²) in [6.45, 7) is 4.68. The number of H-pyrrole nitrogens is 1. The number of piperazine rings is 1. The number of carbonyl (C=O) groups excluding carboxylic acids is 3. The molecule has 5 aliphatic rings. The number of aliphatic hydroxyl groups is 1. The first-order chi connectivity index (χ1) is 21.6. The molecular formula is C35H41N5O5. The average molecular weight is 612 g/mol. The average Bonchev–Trinajstić information content (AvgIpc) is 3.74. The first kappa shape index (κ1) is 28.7. The summed E-state index contributed by atoms with van der Waals surface area (Å²) in [6, 6.07) is 14.5. The maximum Gasteiger partial charge on any atom is 0.281 e. The van der Waals surface area contributed by atoms with Crippen LogP contribution in [-0.2, 0) is 32.0 Å². The molecule has 10 heteroatoms. The van der Waals surface area contributed by atoms with Crippen LogP contribution in [0.15, 0.2) is 54.7 Å². The van der Waals surface area contributed by atoms with Gasteiger partial charge in [0.05, 0.1) is 5.92 Å². The molecule has 4 aliphatic heterocycles. The Morgan fingerprint density at radius 2 is 1.96 bits per heavy atom. The van der Waals surface area contributed by atoms with Crippen LogP contribution in [0.1, 0.15) is 55.7 Å². The molecule has 0 bridgehead atoms. The Morgan fingerprint density at radius 1 is 1.16 bits per heavy atom. The zero-order chi connectivity index (χ0) is 31.2. The lowest BCUT2D eigenvalue weighted by Crippen LogP contribution is -2.71. The normalized spacial score (nSPS) is 34.3. The summed E-state index contributed by atoms with van der Waals surface area (Å²) in [6.07, 6.45) is 5.12. The molecule has 1 aliphatic carbocycles. The summed E-state index contributed by atoms with van der Waals surface area (Å²) < 4.78 is 6.51. The number of likely N-dealkylation sites (N-methyl/N-ethyl adjacent to an activating group) is 1. The Balaban J connectivity index is 1.12. The van der Waals surface area contributed by atoms with E-state index in [2.05, 4.69) is 46.6 Å². The van der Waals surface area contributed by atoms with Crippen LogP contribution in [0.3, 0.4) is 0 Å². The molecule has 45 heavy (non-hydrogen) atoms. The molecule has 3 N–H and O–H groups in total. The van der Waals surface area contributed by atoms with E-state index in [-0.39, 0.29) is 30.2 Å². The smallest absolute Gasteiger partial charge is 0.281 e. The van der Waals surface area contributed by atoms with E-state index >= 15 is 0 Å². The third-order valence-corrected chi connectivity index (χ3v) is 11.2. The zero-order valence-corrected chi connectivity index (χ0v) is 26.0. The van der Waals surface area contributed by atoms with Crippen molar-refractivity contribution >= 4 is 28.6 Å². The molecule has 4 saturated heterocycles. The number of hydrogen-bond donors (Lipinski definition) is 3. The standard InChI is InChI=1S/C35H41N5O5/c1-20(2)34(37-31(41)23-16-25-24-11-7-12-26-30(24)22(18-36-26)17-27(25)38(3)19-23)33(43)40-28(15-21-9-5-4-6-10-21)32(42)39-14-8-13-29(39)35(40,44)45-34/h4-7,9-12,18,20,23,25,27-29,36,44H,8,13-17,19H2,1-3H3,(H,37,41)/t23?,25?,27?,28?,29?,34-,35+/m1/s1. The van der Waals surface area contributed by atoms with Gasteiger partial charge in [-0.3, -0.25) is 24.0 Å². The van der Waals surface area contributed by atoms with E-state index in [1.165, 1.54) is 21.4 Å². The minimum Gasteiger partial charge on any atom is -0.361 e. The number of hydrogen-bond acceptors (Lipinski definition) is 6. The number of nitrogens with one attached hydrogen (secondary N) is 2. The molecule has 8 rings (SSSR count). The molecular weight excluding hydrogens is 570 g/mol. The summed E-state index contributed by atoms with van der Waals surface area (Å²) >= 11 is 0. The SMILES string of the molecule is CC(C)[C@@]1(NC(=O)C2CC3c4cccc5[nH]cc(c45)CC3N(C)C2)O[C@@]2(O)C3CCCN3C(=O)C(Cc3ccccc3)N2C1=O. The number of carbonyl (C=O) groups is 3. The van der Waals surface area contributed by atoms with E-state index in [9.17, 15) is 19.5 Å². The molecule has 5 heterocycles. The van der Waals surface area contributed by atoms with Crippen molar-refractivity contribution in [3.63, 3.8) is 0 Å². The third kappa shape index (κ3) is 4.08. The van der Waals surface area contributed by atoms with Crippen molar-refractivity contribution in [2.24, 2.45) is 11.8 Å². The molecule has 1 aromatic heterocycles. The van der Waals surface area contributed by atoms with Gasteiger partial charge in [0, 0.05) is 54.5 Å². The highest BCUT2D eigenvalue weighted by Crippen LogP contribution is 2.49. The number of aromatic amines is 1. The molecule has 0 saturated carbocycles. The van der Waals surface area contributed by atoms with Crippen LogP contribution in [0.2, 0.25) is 0 Å². The molecule has 5 unspecified atom stereocenters. The lowest BCUT2D eigenvalue weighted by molar-refractivity contribution is -0.321. The zero-order valence-electron chi connectivity index (χ0n) is 26.0. The van der Waals surface area contributed by atoms with Crippen molar-refractivity contribution in [3.05, 3.63) is 71.4 Å². The Kier molecular flexibility index (Phi) is 6.47. The van der Waals surface area contributed by atoms with Gasteiger partial charge in [-0.25, -0.2) is 0 Å². The number of benzene rings is 2. The maximum atomic E-state index is 14.6. The number of rotatable bonds is 5. The Bertz CT molecular complexity index is 1690. The van der Waals surface area contributed by atoms with Crippen LogP contribution >= 0.6 is 0 Å². The molecule has 3 aromatic rings. The van der Waals surface area contributed by atoms with Gasteiger partial charge < -0.3 is 25.2 Å². The van der Waals surface area contributed by atoms with Gasteiger partial charge in [0.2, 0.25) is 17.5 Å². The van der Waals surface area contributed by atoms with Crippen molar-refractivity contribution in [2.75, 3.05) is 20.1 Å². The van der Waals surface area contributed by atoms with E-state index in [4.69, 9.17) is 4.74 Å². The Morgan fingerprint density at radius 3 is 2.73 bits per heavy atom. The van der Waals surface area contributed by atoms with Crippen LogP contribution in [-0.4, -0.2) is 92.4 Å². The number of ether oxygens (including phenoxy) is 1. The summed E-state index contributed by atoms with van der Waals surface area (Å²) in [5.74, 6) is -3.80. The number of amides is 3. The lowest BCUT2D eigenvalue weighted by Gasteiger charge is -2.48. The van der Waals surface area contributed by atoms with Gasteiger partial charge in [-0.05, 0) is 55.5 Å². The van der Waals surface area contributed by atoms with Crippen LogP contribution in [0.5, 0.6) is 0 Å². The second-order valence-electron chi connectivity index (χ2n) is 14.0. The van der Waals surface area contributed by atoms with E-state index in [1.54, 1.807) is 4.90 Å². The van der Waals surface area contributed by atoms with E-state index in [0.29, 0.717) is 32.4 Å². The fourth-order valence-electron chi connectivity index (χ4n) is 8.99. The minimum atomic E-state index is -2.04. The molecule has 0 radical (unpaired) electrons. The monoisotopic (exact) mass is 611 g/mol. The van der Waals surface area contributed by atoms with E-state index in [0.717, 1.165) is 17.5 Å². The molecule has 4 fully saturated rings. The highest BCUT2D eigenvalue weighted by molar-refractivity contribution is 5.98. The topological polar surface area (TPSA) is 118 Å². The van der Waals surface area contributed by atoms with Gasteiger partial charge in [-0.15, -0.1) is 0 Å². The van der Waals surface area contributed by atoms with Crippen molar-refractivity contribution < 1.29 is 24.2 Å². The Labute approximate surface area is 262 Å². The fourth-order valence-corrected chi connectivity index (χ4v) is 8.99. The first-order valence-corrected chi connectivity index (χ1v) is 16.3. The molecule has 0 spiro atoms. The number of fused-ring (bicyclic) bond motifs is 5. The molecule has 3 amide bonds. The molecule has 2 aromatic carbocycles. The van der Waals surface area contributed by atoms with Gasteiger partial charge >= 0.3 is 0 Å².